The van der Waals surface area contributed by atoms with Crippen molar-refractivity contribution in [3.05, 3.63) is 34.4 Å². The van der Waals surface area contributed by atoms with E-state index in [0.717, 1.165) is 16.0 Å². The molecule has 0 aliphatic rings. The minimum Gasteiger partial charge on any atom is -0.768 e. The van der Waals surface area contributed by atoms with Gasteiger partial charge in [0.25, 0.3) is 5.69 Å². The molecule has 0 spiro atoms. The normalized spacial score (nSPS) is 12.1. The summed E-state index contributed by atoms with van der Waals surface area (Å²) < 4.78 is 22.2. The van der Waals surface area contributed by atoms with Crippen LogP contribution in [0.3, 0.4) is 0 Å². The van der Waals surface area contributed by atoms with Crippen LogP contribution >= 0.6 is 11.3 Å². The van der Waals surface area contributed by atoms with Crippen LogP contribution in [0.25, 0.3) is 10.1 Å². The third-order valence-electron chi connectivity index (χ3n) is 1.85. The van der Waals surface area contributed by atoms with Crippen molar-refractivity contribution in [3.8, 4) is 0 Å². The zero-order valence-electron chi connectivity index (χ0n) is 8.21. The van der Waals surface area contributed by atoms with Crippen molar-refractivity contribution in [1.29, 1.82) is 0 Å². The summed E-state index contributed by atoms with van der Waals surface area (Å²) in [6.45, 7) is 0. The molecule has 1 aromatic carbocycles. The maximum absolute atomic E-state index is 10.7. The summed E-state index contributed by atoms with van der Waals surface area (Å²) in [7, 11) is 0. The van der Waals surface area contributed by atoms with E-state index in [0.29, 0.717) is 5.39 Å². The molecule has 0 fully saturated rings. The monoisotopic (exact) mass is 249 g/mol. The second-order valence-corrected chi connectivity index (χ2v) is 5.03. The Morgan fingerprint density at radius 3 is 2.56 bits per heavy atom. The zero-order chi connectivity index (χ0) is 11.0. The first-order valence-electron chi connectivity index (χ1n) is 3.85. The number of fused-ring (bicyclic) bond motifs is 1. The predicted molar refractivity (Wildman–Crippen MR) is 55.7 cm³/mol. The average Bonchev–Trinajstić information content (AvgIpc) is 2.59. The van der Waals surface area contributed by atoms with Crippen LogP contribution in [0.5, 0.6) is 0 Å². The molecule has 8 heteroatoms. The second-order valence-electron chi connectivity index (χ2n) is 2.78. The maximum Gasteiger partial charge on any atom is 1.00 e. The van der Waals surface area contributed by atoms with E-state index in [4.69, 9.17) is 0 Å². The molecule has 78 valence electrons. The van der Waals surface area contributed by atoms with Crippen molar-refractivity contribution in [2.24, 2.45) is 0 Å². The first-order valence-corrected chi connectivity index (χ1v) is 5.74. The molecular formula is C8H4LiNO4S2. The summed E-state index contributed by atoms with van der Waals surface area (Å²) in [5, 5.41) is 11.0. The Kier molecular flexibility index (Phi) is 4.24. The predicted octanol–water partition coefficient (Wildman–Crippen LogP) is -0.948. The Morgan fingerprint density at radius 2 is 2.00 bits per heavy atom. The molecule has 2 rings (SSSR count). The van der Waals surface area contributed by atoms with Gasteiger partial charge in [-0.15, -0.1) is 11.3 Å². The van der Waals surface area contributed by atoms with Crippen molar-refractivity contribution < 1.29 is 32.5 Å². The van der Waals surface area contributed by atoms with Crippen LogP contribution in [-0.4, -0.2) is 13.7 Å². The van der Waals surface area contributed by atoms with Crippen LogP contribution in [0.2, 0.25) is 0 Å². The van der Waals surface area contributed by atoms with Gasteiger partial charge in [-0.3, -0.25) is 14.3 Å². The molecule has 0 radical (unpaired) electrons. The molecule has 1 heterocycles. The molecule has 0 saturated heterocycles. The van der Waals surface area contributed by atoms with Crippen LogP contribution in [0.4, 0.5) is 5.69 Å². The first-order chi connectivity index (χ1) is 7.08. The maximum atomic E-state index is 10.7. The Morgan fingerprint density at radius 1 is 1.31 bits per heavy atom. The molecular weight excluding hydrogens is 245 g/mol. The summed E-state index contributed by atoms with van der Waals surface area (Å²) >= 11 is -1.19. The standard InChI is InChI=1S/C8H5NO4S2.Li/c10-9(11)6-1-2-7-5(3-6)4-8(14-7)15(12)13;/h1-4H,(H,12,13);/q;+1/p-1. The van der Waals surface area contributed by atoms with Crippen molar-refractivity contribution in [2.45, 2.75) is 4.21 Å². The quantitative estimate of drug-likeness (QED) is 0.297. The van der Waals surface area contributed by atoms with E-state index in [9.17, 15) is 18.9 Å². The first kappa shape index (κ1) is 13.4. The van der Waals surface area contributed by atoms with Gasteiger partial charge in [-0.25, -0.2) is 0 Å². The van der Waals surface area contributed by atoms with Crippen molar-refractivity contribution in [2.75, 3.05) is 0 Å². The summed E-state index contributed by atoms with van der Waals surface area (Å²) in [4.78, 5) is 9.96. The van der Waals surface area contributed by atoms with Gasteiger partial charge >= 0.3 is 18.9 Å². The molecule has 1 atom stereocenters. The number of hydrogen-bond acceptors (Lipinski definition) is 5. The number of non-ortho nitro benzene ring substituents is 1. The van der Waals surface area contributed by atoms with Gasteiger partial charge < -0.3 is 4.55 Å². The number of benzene rings is 1. The second kappa shape index (κ2) is 5.08. The number of rotatable bonds is 2. The van der Waals surface area contributed by atoms with E-state index in [-0.39, 0.29) is 28.8 Å². The number of hydrogen-bond donors (Lipinski definition) is 0. The van der Waals surface area contributed by atoms with E-state index in [1.165, 1.54) is 18.2 Å². The van der Waals surface area contributed by atoms with Crippen LogP contribution in [-0.2, 0) is 11.1 Å². The molecule has 16 heavy (non-hydrogen) atoms. The van der Waals surface area contributed by atoms with Gasteiger partial charge in [0.1, 0.15) is 0 Å². The SMILES string of the molecule is O=[N+]([O-])c1ccc2sc(S(=O)[O-])cc2c1.[Li+]. The molecule has 0 saturated carbocycles. The Hall–Kier alpha value is -0.713. The molecule has 2 aromatic rings. The molecule has 1 unspecified atom stereocenters. The fraction of sp³-hybridized carbons (Fsp3) is 0. The topological polar surface area (TPSA) is 83.3 Å². The summed E-state index contributed by atoms with van der Waals surface area (Å²) in [5.41, 5.74) is -0.0384. The number of thiophene rings is 1. The Labute approximate surface area is 109 Å². The molecule has 0 aliphatic carbocycles. The fourth-order valence-corrected chi connectivity index (χ4v) is 2.74. The van der Waals surface area contributed by atoms with Crippen molar-refractivity contribution in [3.63, 3.8) is 0 Å². The molecule has 0 bridgehead atoms. The van der Waals surface area contributed by atoms with E-state index < -0.39 is 16.0 Å². The van der Waals surface area contributed by atoms with Gasteiger partial charge in [-0.1, -0.05) is 0 Å². The fourth-order valence-electron chi connectivity index (χ4n) is 1.20. The van der Waals surface area contributed by atoms with Gasteiger partial charge in [0.2, 0.25) is 0 Å². The van der Waals surface area contributed by atoms with Crippen LogP contribution in [0, 0.1) is 10.1 Å². The molecule has 1 aromatic heterocycles. The largest absolute Gasteiger partial charge is 1.00 e. The van der Waals surface area contributed by atoms with Crippen LogP contribution in [0.15, 0.2) is 28.5 Å². The molecule has 0 N–H and O–H groups in total. The minimum absolute atomic E-state index is 0. The molecule has 5 nitrogen and oxygen atoms in total. The summed E-state index contributed by atoms with van der Waals surface area (Å²) in [6, 6.07) is 5.70. The minimum atomic E-state index is -2.28. The van der Waals surface area contributed by atoms with E-state index in [2.05, 4.69) is 0 Å². The Balaban J connectivity index is 0.00000128. The van der Waals surface area contributed by atoms with Crippen LogP contribution in [0.1, 0.15) is 0 Å². The summed E-state index contributed by atoms with van der Waals surface area (Å²) in [5.74, 6) is 0. The molecule has 0 amide bonds. The number of nitrogens with zero attached hydrogens (tertiary/aromatic N) is 1. The van der Waals surface area contributed by atoms with Gasteiger partial charge in [0, 0.05) is 22.2 Å². The van der Waals surface area contributed by atoms with Crippen molar-refractivity contribution in [1.82, 2.24) is 0 Å². The zero-order valence-corrected chi connectivity index (χ0v) is 9.84. The third-order valence-corrected chi connectivity index (χ3v) is 3.87. The van der Waals surface area contributed by atoms with Gasteiger partial charge in [0.05, 0.1) is 9.13 Å². The number of nitro benzene ring substituents is 1. The smallest absolute Gasteiger partial charge is 0.768 e. The van der Waals surface area contributed by atoms with Crippen LogP contribution < -0.4 is 18.9 Å². The number of nitro groups is 1. The van der Waals surface area contributed by atoms with E-state index in [1.807, 2.05) is 0 Å². The molecule has 0 aliphatic heterocycles. The van der Waals surface area contributed by atoms with Gasteiger partial charge in [-0.2, -0.15) is 0 Å². The third kappa shape index (κ3) is 2.51. The van der Waals surface area contributed by atoms with Gasteiger partial charge in [-0.05, 0) is 23.2 Å². The van der Waals surface area contributed by atoms with E-state index in [1.54, 1.807) is 6.07 Å². The Bertz CT molecular complexity index is 556. The average molecular weight is 249 g/mol. The summed E-state index contributed by atoms with van der Waals surface area (Å²) in [6.07, 6.45) is 0. The van der Waals surface area contributed by atoms with Crippen molar-refractivity contribution >= 4 is 38.2 Å². The van der Waals surface area contributed by atoms with E-state index >= 15 is 0 Å². The van der Waals surface area contributed by atoms with Gasteiger partial charge in [0.15, 0.2) is 0 Å².